The summed E-state index contributed by atoms with van der Waals surface area (Å²) in [7, 11) is 0. The summed E-state index contributed by atoms with van der Waals surface area (Å²) in [5.41, 5.74) is -0.402. The number of hydrogen-bond donors (Lipinski definition) is 2. The molecule has 0 aromatic carbocycles. The average molecular weight is 188 g/mol. The van der Waals surface area contributed by atoms with Crippen LogP contribution in [0.2, 0.25) is 0 Å². The van der Waals surface area contributed by atoms with Gasteiger partial charge in [0.25, 0.3) is 0 Å². The molecule has 0 saturated heterocycles. The van der Waals surface area contributed by atoms with E-state index in [0.29, 0.717) is 0 Å². The minimum atomic E-state index is -1.56. The smallest absolute Gasteiger partial charge is 0.164 e. The summed E-state index contributed by atoms with van der Waals surface area (Å²) in [5, 5.41) is 18.9. The highest BCUT2D eigenvalue weighted by Gasteiger charge is 2.36. The predicted octanol–water partition coefficient (Wildman–Crippen LogP) is 2.68. The van der Waals surface area contributed by atoms with E-state index in [-0.39, 0.29) is 0 Å². The molecule has 2 heteroatoms. The van der Waals surface area contributed by atoms with Gasteiger partial charge in [0.15, 0.2) is 5.79 Å². The topological polar surface area (TPSA) is 40.5 Å². The first kappa shape index (κ1) is 12.9. The molecule has 0 aliphatic heterocycles. The maximum atomic E-state index is 9.46. The second kappa shape index (κ2) is 4.97. The minimum absolute atomic E-state index is 0.402. The molecule has 0 unspecified atom stereocenters. The highest BCUT2D eigenvalue weighted by molar-refractivity contribution is 4.80. The van der Waals surface area contributed by atoms with E-state index in [9.17, 15) is 10.2 Å². The van der Waals surface area contributed by atoms with E-state index >= 15 is 0 Å². The van der Waals surface area contributed by atoms with Crippen molar-refractivity contribution in [3.05, 3.63) is 0 Å². The lowest BCUT2D eigenvalue weighted by atomic mass is 9.79. The molecule has 0 spiro atoms. The Morgan fingerprint density at radius 1 is 0.923 bits per heavy atom. The first-order valence-electron chi connectivity index (χ1n) is 5.26. The lowest BCUT2D eigenvalue weighted by molar-refractivity contribution is -0.221. The van der Waals surface area contributed by atoms with Gasteiger partial charge in [0.2, 0.25) is 0 Å². The van der Waals surface area contributed by atoms with Crippen LogP contribution >= 0.6 is 0 Å². The van der Waals surface area contributed by atoms with Crippen LogP contribution < -0.4 is 0 Å². The third kappa shape index (κ3) is 4.63. The van der Waals surface area contributed by atoms with Crippen molar-refractivity contribution in [2.24, 2.45) is 5.41 Å². The highest BCUT2D eigenvalue weighted by Crippen LogP contribution is 2.33. The minimum Gasteiger partial charge on any atom is -0.365 e. The molecule has 0 aliphatic carbocycles. The predicted molar refractivity (Wildman–Crippen MR) is 55.4 cm³/mol. The highest BCUT2D eigenvalue weighted by atomic mass is 16.5. The van der Waals surface area contributed by atoms with Crippen LogP contribution in [-0.4, -0.2) is 16.0 Å². The van der Waals surface area contributed by atoms with E-state index in [1.165, 1.54) is 26.2 Å². The Labute approximate surface area is 82.0 Å². The number of aliphatic hydroxyl groups is 2. The molecule has 0 aliphatic rings. The van der Waals surface area contributed by atoms with Gasteiger partial charge in [-0.1, -0.05) is 46.5 Å². The zero-order chi connectivity index (χ0) is 10.5. The zero-order valence-corrected chi connectivity index (χ0v) is 9.43. The molecule has 0 saturated carbocycles. The molecule has 0 heterocycles. The fraction of sp³-hybridized carbons (Fsp3) is 1.00. The molecule has 2 nitrogen and oxygen atoms in total. The molecule has 0 aromatic heterocycles. The molecule has 0 aromatic rings. The van der Waals surface area contributed by atoms with Crippen LogP contribution in [0.3, 0.4) is 0 Å². The Balaban J connectivity index is 3.77. The molecule has 80 valence electrons. The summed E-state index contributed by atoms with van der Waals surface area (Å²) in [5.74, 6) is -1.56. The van der Waals surface area contributed by atoms with Crippen LogP contribution in [0, 0.1) is 5.41 Å². The summed E-state index contributed by atoms with van der Waals surface area (Å²) in [4.78, 5) is 0. The van der Waals surface area contributed by atoms with Gasteiger partial charge < -0.3 is 10.2 Å². The molecule has 2 N–H and O–H groups in total. The van der Waals surface area contributed by atoms with Gasteiger partial charge in [-0.3, -0.25) is 0 Å². The summed E-state index contributed by atoms with van der Waals surface area (Å²) in [6, 6.07) is 0. The van der Waals surface area contributed by atoms with Crippen LogP contribution in [0.25, 0.3) is 0 Å². The SMILES string of the molecule is CCCCCCC(C)(C)C(C)(O)O. The van der Waals surface area contributed by atoms with E-state index in [2.05, 4.69) is 6.92 Å². The van der Waals surface area contributed by atoms with Crippen molar-refractivity contribution in [1.29, 1.82) is 0 Å². The van der Waals surface area contributed by atoms with Gasteiger partial charge in [-0.05, 0) is 13.3 Å². The molecular formula is C11H24O2. The number of rotatable bonds is 6. The summed E-state index contributed by atoms with van der Waals surface area (Å²) in [6.45, 7) is 7.44. The van der Waals surface area contributed by atoms with Gasteiger partial charge in [0.05, 0.1) is 0 Å². The second-order valence-corrected chi connectivity index (χ2v) is 4.72. The molecule has 0 fully saturated rings. The average Bonchev–Trinajstić information content (AvgIpc) is 1.96. The van der Waals surface area contributed by atoms with Gasteiger partial charge in [-0.2, -0.15) is 0 Å². The molecular weight excluding hydrogens is 164 g/mol. The largest absolute Gasteiger partial charge is 0.365 e. The first-order valence-corrected chi connectivity index (χ1v) is 5.26. The molecule has 0 amide bonds. The second-order valence-electron chi connectivity index (χ2n) is 4.72. The standard InChI is InChI=1S/C11H24O2/c1-5-6-7-8-9-10(2,3)11(4,12)13/h12-13H,5-9H2,1-4H3. The summed E-state index contributed by atoms with van der Waals surface area (Å²) in [6.07, 6.45) is 5.60. The van der Waals surface area contributed by atoms with Crippen LogP contribution in [-0.2, 0) is 0 Å². The van der Waals surface area contributed by atoms with Gasteiger partial charge in [0, 0.05) is 5.41 Å². The quantitative estimate of drug-likeness (QED) is 0.497. The van der Waals surface area contributed by atoms with Crippen molar-refractivity contribution < 1.29 is 10.2 Å². The van der Waals surface area contributed by atoms with Crippen molar-refractivity contribution in [2.75, 3.05) is 0 Å². The molecule has 0 bridgehead atoms. The van der Waals surface area contributed by atoms with E-state index in [1.807, 2.05) is 13.8 Å². The van der Waals surface area contributed by atoms with Crippen molar-refractivity contribution >= 4 is 0 Å². The lowest BCUT2D eigenvalue weighted by Gasteiger charge is -2.35. The van der Waals surface area contributed by atoms with Gasteiger partial charge in [0.1, 0.15) is 0 Å². The van der Waals surface area contributed by atoms with Gasteiger partial charge >= 0.3 is 0 Å². The third-order valence-corrected chi connectivity index (χ3v) is 2.94. The molecule has 13 heavy (non-hydrogen) atoms. The van der Waals surface area contributed by atoms with E-state index in [4.69, 9.17) is 0 Å². The summed E-state index contributed by atoms with van der Waals surface area (Å²) < 4.78 is 0. The summed E-state index contributed by atoms with van der Waals surface area (Å²) >= 11 is 0. The van der Waals surface area contributed by atoms with Crippen LogP contribution in [0.4, 0.5) is 0 Å². The third-order valence-electron chi connectivity index (χ3n) is 2.94. The van der Waals surface area contributed by atoms with E-state index < -0.39 is 11.2 Å². The van der Waals surface area contributed by atoms with Gasteiger partial charge in [-0.15, -0.1) is 0 Å². The van der Waals surface area contributed by atoms with Crippen LogP contribution in [0.5, 0.6) is 0 Å². The number of hydrogen-bond acceptors (Lipinski definition) is 2. The Hall–Kier alpha value is -0.0800. The maximum Gasteiger partial charge on any atom is 0.164 e. The van der Waals surface area contributed by atoms with Crippen LogP contribution in [0.1, 0.15) is 59.8 Å². The number of unbranched alkanes of at least 4 members (excludes halogenated alkanes) is 3. The molecule has 0 radical (unpaired) electrons. The Bertz CT molecular complexity index is 134. The Morgan fingerprint density at radius 2 is 1.46 bits per heavy atom. The Kier molecular flexibility index (Phi) is 4.93. The lowest BCUT2D eigenvalue weighted by Crippen LogP contribution is -2.41. The van der Waals surface area contributed by atoms with Crippen molar-refractivity contribution in [3.63, 3.8) is 0 Å². The molecule has 0 atom stereocenters. The maximum absolute atomic E-state index is 9.46. The van der Waals surface area contributed by atoms with Crippen molar-refractivity contribution in [1.82, 2.24) is 0 Å². The van der Waals surface area contributed by atoms with Gasteiger partial charge in [-0.25, -0.2) is 0 Å². The van der Waals surface area contributed by atoms with Crippen molar-refractivity contribution in [2.45, 2.75) is 65.6 Å². The fourth-order valence-electron chi connectivity index (χ4n) is 1.23. The Morgan fingerprint density at radius 3 is 1.85 bits per heavy atom. The normalized spacial score (nSPS) is 13.4. The zero-order valence-electron chi connectivity index (χ0n) is 9.43. The monoisotopic (exact) mass is 188 g/mol. The van der Waals surface area contributed by atoms with E-state index in [1.54, 1.807) is 0 Å². The van der Waals surface area contributed by atoms with Crippen LogP contribution in [0.15, 0.2) is 0 Å². The first-order chi connectivity index (χ1) is 5.81. The fourth-order valence-corrected chi connectivity index (χ4v) is 1.23. The van der Waals surface area contributed by atoms with E-state index in [0.717, 1.165) is 12.8 Å². The van der Waals surface area contributed by atoms with Crippen molar-refractivity contribution in [3.8, 4) is 0 Å². The molecule has 0 rings (SSSR count).